The van der Waals surface area contributed by atoms with Crippen LogP contribution in [0.2, 0.25) is 0 Å². The van der Waals surface area contributed by atoms with Crippen LogP contribution < -0.4 is 5.73 Å². The second-order valence-electron chi connectivity index (χ2n) is 8.49. The Morgan fingerprint density at radius 2 is 2.14 bits per heavy atom. The summed E-state index contributed by atoms with van der Waals surface area (Å²) in [7, 11) is 1.65. The van der Waals surface area contributed by atoms with Crippen LogP contribution in [-0.2, 0) is 10.3 Å². The van der Waals surface area contributed by atoms with Crippen LogP contribution in [0, 0.1) is 11.7 Å². The number of benzene rings is 1. The van der Waals surface area contributed by atoms with Gasteiger partial charge in [0.05, 0.1) is 11.6 Å². The zero-order chi connectivity index (χ0) is 20.7. The average molecular weight is 410 g/mol. The lowest BCUT2D eigenvalue weighted by Crippen LogP contribution is -2.53. The van der Waals surface area contributed by atoms with Crippen LogP contribution in [0.4, 0.5) is 14.9 Å². The smallest absolute Gasteiger partial charge is 0.413 e. The van der Waals surface area contributed by atoms with Crippen molar-refractivity contribution in [2.75, 3.05) is 18.6 Å². The fourth-order valence-electron chi connectivity index (χ4n) is 4.21. The number of thioether (sulfide) groups is 1. The number of hydrogen-bond acceptors (Lipinski definition) is 5. The van der Waals surface area contributed by atoms with Gasteiger partial charge in [0, 0.05) is 36.1 Å². The van der Waals surface area contributed by atoms with Crippen LogP contribution in [0.3, 0.4) is 0 Å². The fraction of sp³-hybridized carbons (Fsp3) is 0.600. The fourth-order valence-corrected chi connectivity index (χ4v) is 5.72. The van der Waals surface area contributed by atoms with Crippen molar-refractivity contribution in [3.8, 4) is 0 Å². The van der Waals surface area contributed by atoms with E-state index in [4.69, 9.17) is 15.5 Å². The molecule has 1 aliphatic carbocycles. The first-order chi connectivity index (χ1) is 13.1. The highest BCUT2D eigenvalue weighted by atomic mass is 32.2. The largest absolute Gasteiger partial charge is 0.465 e. The van der Waals surface area contributed by atoms with E-state index in [2.05, 4.69) is 0 Å². The molecule has 6 nitrogen and oxygen atoms in total. The van der Waals surface area contributed by atoms with E-state index >= 15 is 0 Å². The van der Waals surface area contributed by atoms with Crippen LogP contribution in [0.15, 0.2) is 23.2 Å². The summed E-state index contributed by atoms with van der Waals surface area (Å²) in [6.07, 6.45) is 1.06. The number of ether oxygens (including phenoxy) is 1. The number of nitrogen functional groups attached to an aromatic ring is 1. The highest BCUT2D eigenvalue weighted by Crippen LogP contribution is 2.51. The first-order valence-electron chi connectivity index (χ1n) is 9.42. The lowest BCUT2D eigenvalue weighted by Gasteiger charge is -2.48. The third-order valence-electron chi connectivity index (χ3n) is 5.60. The zero-order valence-electron chi connectivity index (χ0n) is 16.7. The van der Waals surface area contributed by atoms with Gasteiger partial charge in [-0.1, -0.05) is 11.8 Å². The minimum absolute atomic E-state index is 0.0712. The second-order valence-corrected chi connectivity index (χ2v) is 9.48. The molecule has 0 spiro atoms. The van der Waals surface area contributed by atoms with Crippen LogP contribution in [0.25, 0.3) is 0 Å². The Morgan fingerprint density at radius 3 is 2.75 bits per heavy atom. The maximum absolute atomic E-state index is 15.0. The van der Waals surface area contributed by atoms with Gasteiger partial charge in [-0.05, 0) is 57.7 Å². The monoisotopic (exact) mass is 409 g/mol. The van der Waals surface area contributed by atoms with Gasteiger partial charge in [-0.15, -0.1) is 0 Å². The van der Waals surface area contributed by atoms with Gasteiger partial charge < -0.3 is 15.6 Å². The lowest BCUT2D eigenvalue weighted by atomic mass is 9.68. The molecule has 1 amide bonds. The van der Waals surface area contributed by atoms with Gasteiger partial charge in [-0.3, -0.25) is 4.90 Å². The van der Waals surface area contributed by atoms with Crippen LogP contribution in [-0.4, -0.2) is 45.8 Å². The van der Waals surface area contributed by atoms with E-state index in [1.54, 1.807) is 13.2 Å². The highest BCUT2D eigenvalue weighted by molar-refractivity contribution is 8.13. The highest BCUT2D eigenvalue weighted by Gasteiger charge is 2.50. The van der Waals surface area contributed by atoms with Crippen molar-refractivity contribution in [2.24, 2.45) is 10.9 Å². The maximum Gasteiger partial charge on any atom is 0.413 e. The molecule has 0 radical (unpaired) electrons. The number of nitrogens with two attached hydrogens (primary N) is 1. The molecular formula is C20H28FN3O3S. The Bertz CT molecular complexity index is 795. The molecule has 3 rings (SSSR count). The third kappa shape index (κ3) is 3.72. The molecule has 0 bridgehead atoms. The summed E-state index contributed by atoms with van der Waals surface area (Å²) < 4.78 is 20.6. The molecule has 1 heterocycles. The summed E-state index contributed by atoms with van der Waals surface area (Å²) >= 11 is 1.42. The van der Waals surface area contributed by atoms with Crippen molar-refractivity contribution in [3.63, 3.8) is 0 Å². The number of nitrogens with zero attached hydrogens (tertiary/aromatic N) is 2. The number of carbonyl (C=O) groups is 1. The van der Waals surface area contributed by atoms with Crippen molar-refractivity contribution in [3.05, 3.63) is 29.6 Å². The topological polar surface area (TPSA) is 88.1 Å². The van der Waals surface area contributed by atoms with Gasteiger partial charge >= 0.3 is 6.09 Å². The number of anilines is 1. The normalized spacial score (nSPS) is 27.7. The SMILES string of the molecule is COC1CCC2CSC(N(C(=O)O)C(C)(C)C)=NC2(c2cc(N)ccc2F)C1. The Hall–Kier alpha value is -1.80. The molecule has 28 heavy (non-hydrogen) atoms. The second kappa shape index (κ2) is 7.55. The first kappa shape index (κ1) is 20.9. The molecule has 1 saturated carbocycles. The number of fused-ring (bicyclic) bond motifs is 1. The van der Waals surface area contributed by atoms with E-state index in [0.29, 0.717) is 28.6 Å². The maximum atomic E-state index is 15.0. The molecule has 1 aromatic rings. The molecule has 1 aromatic carbocycles. The summed E-state index contributed by atoms with van der Waals surface area (Å²) in [6.45, 7) is 5.47. The number of hydrogen-bond donors (Lipinski definition) is 2. The Balaban J connectivity index is 2.20. The van der Waals surface area contributed by atoms with E-state index in [9.17, 15) is 14.3 Å². The van der Waals surface area contributed by atoms with Crippen LogP contribution in [0.5, 0.6) is 0 Å². The van der Waals surface area contributed by atoms with Crippen molar-refractivity contribution in [1.29, 1.82) is 0 Å². The molecule has 0 aromatic heterocycles. The Kier molecular flexibility index (Phi) is 5.64. The van der Waals surface area contributed by atoms with Gasteiger partial charge in [0.1, 0.15) is 5.82 Å². The van der Waals surface area contributed by atoms with E-state index in [1.165, 1.54) is 28.8 Å². The van der Waals surface area contributed by atoms with E-state index in [0.717, 1.165) is 12.8 Å². The molecule has 2 aliphatic rings. The third-order valence-corrected chi connectivity index (χ3v) is 6.70. The van der Waals surface area contributed by atoms with Crippen LogP contribution in [0.1, 0.15) is 45.6 Å². The molecule has 154 valence electrons. The molecule has 1 aliphatic heterocycles. The zero-order valence-corrected chi connectivity index (χ0v) is 17.6. The number of aliphatic imine (C=N–C) groups is 1. The number of amidine groups is 1. The number of methoxy groups -OCH3 is 1. The quantitative estimate of drug-likeness (QED) is 0.711. The number of rotatable bonds is 2. The predicted molar refractivity (Wildman–Crippen MR) is 110 cm³/mol. The van der Waals surface area contributed by atoms with Crippen molar-refractivity contribution < 1.29 is 19.0 Å². The predicted octanol–water partition coefficient (Wildman–Crippen LogP) is 4.30. The van der Waals surface area contributed by atoms with Gasteiger partial charge in [0.25, 0.3) is 0 Å². The van der Waals surface area contributed by atoms with Gasteiger partial charge in [-0.25, -0.2) is 14.2 Å². The van der Waals surface area contributed by atoms with Gasteiger partial charge in [-0.2, -0.15) is 0 Å². The molecule has 0 saturated heterocycles. The summed E-state index contributed by atoms with van der Waals surface area (Å²) in [4.78, 5) is 18.2. The minimum atomic E-state index is -1.07. The molecular weight excluding hydrogens is 381 g/mol. The van der Waals surface area contributed by atoms with Gasteiger partial charge in [0.2, 0.25) is 0 Å². The summed E-state index contributed by atoms with van der Waals surface area (Å²) in [6, 6.07) is 4.53. The summed E-state index contributed by atoms with van der Waals surface area (Å²) in [5, 5.41) is 10.2. The summed E-state index contributed by atoms with van der Waals surface area (Å²) in [5.41, 5.74) is 5.30. The number of halogens is 1. The molecule has 1 fully saturated rings. The average Bonchev–Trinajstić information content (AvgIpc) is 2.61. The van der Waals surface area contributed by atoms with E-state index < -0.39 is 17.2 Å². The number of amides is 1. The molecule has 3 N–H and O–H groups in total. The molecule has 3 atom stereocenters. The standard InChI is InChI=1S/C20H28FN3O3S/c1-19(2,3)24(18(25)26)17-23-20(15-9-13(22)6-8-16(15)21)10-14(27-4)7-5-12(20)11-28-17/h6,8-9,12,14H,5,7,10-11,22H2,1-4H3,(H,25,26). The lowest BCUT2D eigenvalue weighted by molar-refractivity contribution is 0.0187. The van der Waals surface area contributed by atoms with Crippen molar-refractivity contribution >= 4 is 28.7 Å². The Labute approximate surface area is 169 Å². The van der Waals surface area contributed by atoms with Crippen molar-refractivity contribution in [2.45, 2.75) is 57.2 Å². The van der Waals surface area contributed by atoms with E-state index in [1.807, 2.05) is 20.8 Å². The first-order valence-corrected chi connectivity index (χ1v) is 10.4. The summed E-state index contributed by atoms with van der Waals surface area (Å²) in [5.74, 6) is 0.381. The Morgan fingerprint density at radius 1 is 1.43 bits per heavy atom. The molecule has 3 unspecified atom stereocenters. The van der Waals surface area contributed by atoms with Crippen molar-refractivity contribution in [1.82, 2.24) is 4.90 Å². The van der Waals surface area contributed by atoms with Gasteiger partial charge in [0.15, 0.2) is 5.17 Å². The van der Waals surface area contributed by atoms with E-state index in [-0.39, 0.29) is 17.8 Å². The molecule has 8 heteroatoms. The van der Waals surface area contributed by atoms with Crippen LogP contribution >= 0.6 is 11.8 Å². The number of carboxylic acid groups (broad SMARTS) is 1. The minimum Gasteiger partial charge on any atom is -0.465 e.